The smallest absolute Gasteiger partial charge is 0.315 e. The fraction of sp³-hybridized carbons (Fsp3) is 0.500. The van der Waals surface area contributed by atoms with Gasteiger partial charge in [-0.25, -0.2) is 0 Å². The van der Waals surface area contributed by atoms with Crippen molar-refractivity contribution in [3.8, 4) is 0 Å². The number of methoxy groups -OCH3 is 1. The molecule has 0 saturated heterocycles. The second-order valence-electron chi connectivity index (χ2n) is 5.42. The van der Waals surface area contributed by atoms with Gasteiger partial charge in [-0.15, -0.1) is 0 Å². The highest BCUT2D eigenvalue weighted by Gasteiger charge is 2.17. The van der Waals surface area contributed by atoms with Crippen LogP contribution in [0.1, 0.15) is 57.1 Å². The normalized spacial score (nSPS) is 10.8. The van der Waals surface area contributed by atoms with Crippen LogP contribution >= 0.6 is 0 Å². The first kappa shape index (κ1) is 16.2. The Bertz CT molecular complexity index is 466. The van der Waals surface area contributed by atoms with E-state index in [-0.39, 0.29) is 12.3 Å². The molecule has 1 aromatic carbocycles. The molecule has 20 heavy (non-hydrogen) atoms. The van der Waals surface area contributed by atoms with E-state index in [2.05, 4.69) is 37.7 Å². The first-order chi connectivity index (χ1) is 9.36. The van der Waals surface area contributed by atoms with Crippen LogP contribution in [0.2, 0.25) is 0 Å². The summed E-state index contributed by atoms with van der Waals surface area (Å²) in [5.74, 6) is -0.285. The van der Waals surface area contributed by atoms with E-state index in [1.165, 1.54) is 7.11 Å². The van der Waals surface area contributed by atoms with Crippen molar-refractivity contribution < 1.29 is 14.3 Å². The van der Waals surface area contributed by atoms with Crippen molar-refractivity contribution in [3.05, 3.63) is 29.3 Å². The summed E-state index contributed by atoms with van der Waals surface area (Å²) < 4.78 is 4.51. The highest BCUT2D eigenvalue weighted by molar-refractivity contribution is 6.02. The van der Waals surface area contributed by atoms with E-state index < -0.39 is 5.97 Å². The van der Waals surface area contributed by atoms with Gasteiger partial charge in [-0.05, 0) is 23.0 Å². The summed E-state index contributed by atoms with van der Waals surface area (Å²) in [5, 5.41) is 2.87. The lowest BCUT2D eigenvalue weighted by Crippen LogP contribution is -2.19. The molecule has 1 amide bonds. The number of hydrogen-bond acceptors (Lipinski definition) is 3. The third kappa shape index (κ3) is 4.08. The van der Waals surface area contributed by atoms with Crippen LogP contribution in [0.5, 0.6) is 0 Å². The molecule has 4 heteroatoms. The molecule has 0 spiro atoms. The molecular formula is C16H23NO3. The minimum Gasteiger partial charge on any atom is -0.469 e. The van der Waals surface area contributed by atoms with Crippen LogP contribution in [0, 0.1) is 0 Å². The summed E-state index contributed by atoms with van der Waals surface area (Å²) in [7, 11) is 1.28. The highest BCUT2D eigenvalue weighted by Crippen LogP contribution is 2.32. The van der Waals surface area contributed by atoms with E-state index in [1.54, 1.807) is 0 Å². The summed E-state index contributed by atoms with van der Waals surface area (Å²) in [4.78, 5) is 23.1. The van der Waals surface area contributed by atoms with Gasteiger partial charge in [0.2, 0.25) is 5.91 Å². The van der Waals surface area contributed by atoms with Gasteiger partial charge in [0.25, 0.3) is 0 Å². The number of anilines is 1. The van der Waals surface area contributed by atoms with Crippen LogP contribution in [-0.2, 0) is 14.3 Å². The van der Waals surface area contributed by atoms with E-state index >= 15 is 0 Å². The molecule has 0 radical (unpaired) electrons. The number of carbonyl (C=O) groups excluding carboxylic acids is 2. The lowest BCUT2D eigenvalue weighted by Gasteiger charge is -2.20. The topological polar surface area (TPSA) is 55.4 Å². The Morgan fingerprint density at radius 3 is 2.00 bits per heavy atom. The lowest BCUT2D eigenvalue weighted by atomic mass is 9.92. The second-order valence-corrected chi connectivity index (χ2v) is 5.42. The van der Waals surface area contributed by atoms with Gasteiger partial charge in [0.05, 0.1) is 7.11 Å². The molecule has 0 aliphatic heterocycles. The van der Waals surface area contributed by atoms with E-state index in [0.29, 0.717) is 11.8 Å². The molecule has 0 aromatic heterocycles. The third-order valence-corrected chi connectivity index (χ3v) is 3.17. The number of hydrogen-bond donors (Lipinski definition) is 1. The molecule has 0 atom stereocenters. The average Bonchev–Trinajstić information content (AvgIpc) is 2.37. The van der Waals surface area contributed by atoms with Gasteiger partial charge in [0.1, 0.15) is 6.42 Å². The summed E-state index contributed by atoms with van der Waals surface area (Å²) in [6.45, 7) is 8.32. The summed E-state index contributed by atoms with van der Waals surface area (Å²) in [5.41, 5.74) is 2.98. The van der Waals surface area contributed by atoms with Gasteiger partial charge in [-0.1, -0.05) is 45.9 Å². The molecule has 110 valence electrons. The number of benzene rings is 1. The van der Waals surface area contributed by atoms with E-state index in [4.69, 9.17) is 0 Å². The van der Waals surface area contributed by atoms with Crippen LogP contribution in [-0.4, -0.2) is 19.0 Å². The van der Waals surface area contributed by atoms with Crippen molar-refractivity contribution in [1.82, 2.24) is 0 Å². The van der Waals surface area contributed by atoms with Crippen LogP contribution in [0.3, 0.4) is 0 Å². The summed E-state index contributed by atoms with van der Waals surface area (Å²) in [6, 6.07) is 6.01. The van der Waals surface area contributed by atoms with Crippen molar-refractivity contribution >= 4 is 17.6 Å². The maximum absolute atomic E-state index is 11.9. The molecule has 1 rings (SSSR count). The van der Waals surface area contributed by atoms with Crippen molar-refractivity contribution in [2.24, 2.45) is 0 Å². The Kier molecular flexibility index (Phi) is 5.74. The quantitative estimate of drug-likeness (QED) is 0.662. The van der Waals surface area contributed by atoms with Crippen LogP contribution < -0.4 is 5.32 Å². The van der Waals surface area contributed by atoms with Crippen LogP contribution in [0.25, 0.3) is 0 Å². The molecule has 0 bridgehead atoms. The van der Waals surface area contributed by atoms with Gasteiger partial charge in [-0.2, -0.15) is 0 Å². The zero-order chi connectivity index (χ0) is 15.3. The Hall–Kier alpha value is -1.84. The Morgan fingerprint density at radius 2 is 1.60 bits per heavy atom. The fourth-order valence-electron chi connectivity index (χ4n) is 2.08. The SMILES string of the molecule is COC(=O)CC(=O)Nc1c(C(C)C)cccc1C(C)C. The standard InChI is InChI=1S/C16H23NO3/c1-10(2)12-7-6-8-13(11(3)4)16(12)17-14(18)9-15(19)20-5/h6-8,10-11H,9H2,1-5H3,(H,17,18). The number of carbonyl (C=O) groups is 2. The first-order valence-electron chi connectivity index (χ1n) is 6.86. The van der Waals surface area contributed by atoms with Gasteiger partial charge >= 0.3 is 5.97 Å². The Labute approximate surface area is 120 Å². The summed E-state index contributed by atoms with van der Waals surface area (Å²) in [6.07, 6.45) is -0.263. The molecule has 0 unspecified atom stereocenters. The number of para-hydroxylation sites is 1. The molecule has 0 saturated carbocycles. The minimum absolute atomic E-state index is 0.263. The molecular weight excluding hydrogens is 254 g/mol. The van der Waals surface area contributed by atoms with Gasteiger partial charge in [0, 0.05) is 5.69 Å². The van der Waals surface area contributed by atoms with E-state index in [0.717, 1.165) is 16.8 Å². The molecule has 0 aliphatic rings. The number of ether oxygens (including phenoxy) is 1. The largest absolute Gasteiger partial charge is 0.469 e. The Balaban J connectivity index is 3.07. The maximum Gasteiger partial charge on any atom is 0.315 e. The van der Waals surface area contributed by atoms with E-state index in [1.807, 2.05) is 18.2 Å². The molecule has 1 N–H and O–H groups in total. The molecule has 0 heterocycles. The van der Waals surface area contributed by atoms with Crippen molar-refractivity contribution in [1.29, 1.82) is 0 Å². The van der Waals surface area contributed by atoms with E-state index in [9.17, 15) is 9.59 Å². The number of esters is 1. The summed E-state index contributed by atoms with van der Waals surface area (Å²) >= 11 is 0. The molecule has 0 aliphatic carbocycles. The predicted molar refractivity (Wildman–Crippen MR) is 79.9 cm³/mol. The lowest BCUT2D eigenvalue weighted by molar-refractivity contribution is -0.142. The predicted octanol–water partition coefficient (Wildman–Crippen LogP) is 3.44. The van der Waals surface area contributed by atoms with Gasteiger partial charge < -0.3 is 10.1 Å². The molecule has 4 nitrogen and oxygen atoms in total. The number of rotatable bonds is 5. The van der Waals surface area contributed by atoms with Gasteiger partial charge in [-0.3, -0.25) is 9.59 Å². The first-order valence-corrected chi connectivity index (χ1v) is 6.86. The maximum atomic E-state index is 11.9. The zero-order valence-corrected chi connectivity index (χ0v) is 12.8. The monoisotopic (exact) mass is 277 g/mol. The van der Waals surface area contributed by atoms with Crippen LogP contribution in [0.15, 0.2) is 18.2 Å². The number of nitrogens with one attached hydrogen (secondary N) is 1. The second kappa shape index (κ2) is 7.08. The number of amides is 1. The molecule has 1 aromatic rings. The minimum atomic E-state index is -0.532. The van der Waals surface area contributed by atoms with Crippen molar-refractivity contribution in [2.75, 3.05) is 12.4 Å². The van der Waals surface area contributed by atoms with Crippen LogP contribution in [0.4, 0.5) is 5.69 Å². The molecule has 0 fully saturated rings. The van der Waals surface area contributed by atoms with Gasteiger partial charge in [0.15, 0.2) is 0 Å². The van der Waals surface area contributed by atoms with Crippen molar-refractivity contribution in [3.63, 3.8) is 0 Å². The fourth-order valence-corrected chi connectivity index (χ4v) is 2.08. The zero-order valence-electron chi connectivity index (χ0n) is 12.8. The Morgan fingerprint density at radius 1 is 1.10 bits per heavy atom. The van der Waals surface area contributed by atoms with Crippen molar-refractivity contribution in [2.45, 2.75) is 46.0 Å². The average molecular weight is 277 g/mol. The third-order valence-electron chi connectivity index (χ3n) is 3.17. The highest BCUT2D eigenvalue weighted by atomic mass is 16.5.